The highest BCUT2D eigenvalue weighted by atomic mass is 32.1. The van der Waals surface area contributed by atoms with Crippen LogP contribution in [0.25, 0.3) is 0 Å². The maximum Gasteiger partial charge on any atom is 0.257 e. The Morgan fingerprint density at radius 1 is 1.26 bits per heavy atom. The highest BCUT2D eigenvalue weighted by molar-refractivity contribution is 7.14. The van der Waals surface area contributed by atoms with E-state index < -0.39 is 0 Å². The molecule has 0 aliphatic heterocycles. The number of allylic oxidation sites excluding steroid dienone is 4. The summed E-state index contributed by atoms with van der Waals surface area (Å²) in [6, 6.07) is 3.36. The predicted molar refractivity (Wildman–Crippen MR) is 122 cm³/mol. The number of hydrogen-bond acceptors (Lipinski definition) is 6. The van der Waals surface area contributed by atoms with Crippen molar-refractivity contribution in [1.82, 2.24) is 9.97 Å². The number of carbonyl (C=O) groups is 1. The van der Waals surface area contributed by atoms with Gasteiger partial charge in [-0.25, -0.2) is 4.98 Å². The van der Waals surface area contributed by atoms with E-state index >= 15 is 0 Å². The lowest BCUT2D eigenvalue weighted by Gasteiger charge is -2.26. The normalized spacial score (nSPS) is 22.9. The van der Waals surface area contributed by atoms with Gasteiger partial charge in [-0.3, -0.25) is 15.1 Å². The maximum absolute atomic E-state index is 12.4. The average Bonchev–Trinajstić information content (AvgIpc) is 3.22. The van der Waals surface area contributed by atoms with Gasteiger partial charge in [0.15, 0.2) is 5.13 Å². The summed E-state index contributed by atoms with van der Waals surface area (Å²) in [5.41, 5.74) is 2.69. The van der Waals surface area contributed by atoms with Crippen LogP contribution >= 0.6 is 11.3 Å². The molecule has 2 aromatic rings. The van der Waals surface area contributed by atoms with Crippen molar-refractivity contribution in [3.05, 3.63) is 88.6 Å². The minimum atomic E-state index is -0.188. The van der Waals surface area contributed by atoms with E-state index in [4.69, 9.17) is 9.47 Å². The molecule has 2 aliphatic carbocycles. The first-order valence-electron chi connectivity index (χ1n) is 10.2. The molecule has 31 heavy (non-hydrogen) atoms. The van der Waals surface area contributed by atoms with Gasteiger partial charge in [-0.15, -0.1) is 11.3 Å². The van der Waals surface area contributed by atoms with Crippen LogP contribution in [0.2, 0.25) is 0 Å². The van der Waals surface area contributed by atoms with Crippen LogP contribution in [0, 0.1) is 5.92 Å². The summed E-state index contributed by atoms with van der Waals surface area (Å²) in [5, 5.41) is 5.48. The minimum absolute atomic E-state index is 0.117. The highest BCUT2D eigenvalue weighted by Crippen LogP contribution is 2.39. The molecule has 2 aliphatic rings. The molecule has 3 atom stereocenters. The van der Waals surface area contributed by atoms with E-state index in [2.05, 4.69) is 41.3 Å². The molecule has 0 radical (unpaired) electrons. The number of thiazole rings is 1. The van der Waals surface area contributed by atoms with Gasteiger partial charge in [0.05, 0.1) is 11.8 Å². The van der Waals surface area contributed by atoms with Gasteiger partial charge in [0.2, 0.25) is 0 Å². The van der Waals surface area contributed by atoms with Gasteiger partial charge in [-0.2, -0.15) is 0 Å². The molecule has 6 nitrogen and oxygen atoms in total. The number of ether oxygens (including phenoxy) is 2. The number of nitrogens with one attached hydrogen (secondary N) is 1. The van der Waals surface area contributed by atoms with Crippen LogP contribution in [0.5, 0.6) is 0 Å². The lowest BCUT2D eigenvalue weighted by molar-refractivity contribution is 0.102. The molecule has 0 saturated heterocycles. The second-order valence-electron chi connectivity index (χ2n) is 7.64. The van der Waals surface area contributed by atoms with Crippen LogP contribution in [-0.4, -0.2) is 29.1 Å². The number of rotatable bonds is 6. The quantitative estimate of drug-likeness (QED) is 0.673. The van der Waals surface area contributed by atoms with Gasteiger partial charge in [0, 0.05) is 36.4 Å². The van der Waals surface area contributed by atoms with Gasteiger partial charge in [-0.05, 0) is 55.7 Å². The summed E-state index contributed by atoms with van der Waals surface area (Å²) in [7, 11) is 1.71. The molecule has 7 heteroatoms. The van der Waals surface area contributed by atoms with Gasteiger partial charge in [0.25, 0.3) is 5.91 Å². The first kappa shape index (κ1) is 21.2. The van der Waals surface area contributed by atoms with E-state index in [1.54, 1.807) is 31.6 Å². The molecule has 0 saturated carbocycles. The molecule has 0 bridgehead atoms. The van der Waals surface area contributed by atoms with Crippen LogP contribution in [0.1, 0.15) is 42.2 Å². The summed E-state index contributed by atoms with van der Waals surface area (Å²) in [6.45, 7) is 4.25. The Morgan fingerprint density at radius 3 is 2.74 bits per heavy atom. The fourth-order valence-electron chi connectivity index (χ4n) is 3.83. The van der Waals surface area contributed by atoms with Crippen LogP contribution < -0.4 is 5.32 Å². The van der Waals surface area contributed by atoms with Gasteiger partial charge in [-0.1, -0.05) is 18.6 Å². The van der Waals surface area contributed by atoms with Crippen LogP contribution in [-0.2, 0) is 9.47 Å². The predicted octanol–water partition coefficient (Wildman–Crippen LogP) is 5.23. The molecule has 2 aromatic heterocycles. The van der Waals surface area contributed by atoms with Crippen molar-refractivity contribution in [2.75, 3.05) is 12.4 Å². The number of amides is 1. The molecule has 2 heterocycles. The topological polar surface area (TPSA) is 73.3 Å². The number of carbonyl (C=O) groups excluding carboxylic acids is 1. The van der Waals surface area contributed by atoms with Crippen molar-refractivity contribution in [2.45, 2.75) is 32.3 Å². The SMILES string of the molecule is COC1C=CC(OC2=CC(C)C(c3csc(NC(=O)c4ccncc4)n3)C(C)=C2)=CC1. The molecule has 0 aromatic carbocycles. The summed E-state index contributed by atoms with van der Waals surface area (Å²) in [5.74, 6) is 1.85. The second kappa shape index (κ2) is 9.41. The molecule has 160 valence electrons. The smallest absolute Gasteiger partial charge is 0.257 e. The third-order valence-corrected chi connectivity index (χ3v) is 6.16. The van der Waals surface area contributed by atoms with Crippen molar-refractivity contribution in [1.29, 1.82) is 0 Å². The van der Waals surface area contributed by atoms with Crippen LogP contribution in [0.4, 0.5) is 5.13 Å². The van der Waals surface area contributed by atoms with E-state index in [0.717, 1.165) is 23.6 Å². The third kappa shape index (κ3) is 5.00. The molecule has 3 unspecified atom stereocenters. The molecule has 4 rings (SSSR count). The third-order valence-electron chi connectivity index (χ3n) is 5.38. The lowest BCUT2D eigenvalue weighted by atomic mass is 9.81. The van der Waals surface area contributed by atoms with Crippen LogP contribution in [0.3, 0.4) is 0 Å². The summed E-state index contributed by atoms with van der Waals surface area (Å²) in [6.07, 6.45) is 14.3. The Hall–Kier alpha value is -3.03. The zero-order valence-electron chi connectivity index (χ0n) is 17.7. The van der Waals surface area contributed by atoms with Crippen molar-refractivity contribution in [2.24, 2.45) is 5.92 Å². The Balaban J connectivity index is 1.42. The Kier molecular flexibility index (Phi) is 6.44. The number of anilines is 1. The van der Waals surface area contributed by atoms with Crippen molar-refractivity contribution in [3.8, 4) is 0 Å². The zero-order chi connectivity index (χ0) is 21.8. The van der Waals surface area contributed by atoms with Crippen molar-refractivity contribution >= 4 is 22.4 Å². The van der Waals surface area contributed by atoms with E-state index in [9.17, 15) is 4.79 Å². The van der Waals surface area contributed by atoms with Gasteiger partial charge >= 0.3 is 0 Å². The molecule has 0 fully saturated rings. The summed E-state index contributed by atoms with van der Waals surface area (Å²) in [4.78, 5) is 21.0. The Morgan fingerprint density at radius 2 is 2.06 bits per heavy atom. The number of nitrogens with zero attached hydrogens (tertiary/aromatic N) is 2. The minimum Gasteiger partial charge on any atom is -0.458 e. The van der Waals surface area contributed by atoms with Gasteiger partial charge < -0.3 is 9.47 Å². The zero-order valence-corrected chi connectivity index (χ0v) is 18.6. The molecular formula is C24H25N3O3S. The maximum atomic E-state index is 12.4. The second-order valence-corrected chi connectivity index (χ2v) is 8.50. The number of aromatic nitrogens is 2. The molecular weight excluding hydrogens is 410 g/mol. The Labute approximate surface area is 186 Å². The Bertz CT molecular complexity index is 1070. The average molecular weight is 436 g/mol. The van der Waals surface area contributed by atoms with E-state index in [-0.39, 0.29) is 23.8 Å². The fraction of sp³-hybridized carbons (Fsp3) is 0.292. The molecule has 0 spiro atoms. The fourth-order valence-corrected chi connectivity index (χ4v) is 4.57. The first-order valence-corrected chi connectivity index (χ1v) is 11.1. The summed E-state index contributed by atoms with van der Waals surface area (Å²) >= 11 is 1.43. The number of hydrogen-bond donors (Lipinski definition) is 1. The standard InChI is InChI=1S/C24H25N3O3S/c1-15-12-20(30-19-6-4-18(29-3)5-7-19)13-16(2)22(15)21-14-31-24(26-21)27-23(28)17-8-10-25-11-9-17/h4,6-15,18,22H,5H2,1-3H3,(H,26,27,28). The summed E-state index contributed by atoms with van der Waals surface area (Å²) < 4.78 is 11.4. The number of methoxy groups -OCH3 is 1. The largest absolute Gasteiger partial charge is 0.458 e. The van der Waals surface area contributed by atoms with Crippen LogP contribution in [0.15, 0.2) is 77.4 Å². The number of pyridine rings is 1. The molecule has 1 amide bonds. The van der Waals surface area contributed by atoms with Crippen molar-refractivity contribution < 1.29 is 14.3 Å². The van der Waals surface area contributed by atoms with Gasteiger partial charge in [0.1, 0.15) is 11.5 Å². The van der Waals surface area contributed by atoms with E-state index in [1.165, 1.54) is 16.9 Å². The first-order chi connectivity index (χ1) is 15.0. The van der Waals surface area contributed by atoms with E-state index in [0.29, 0.717) is 10.7 Å². The van der Waals surface area contributed by atoms with Crippen molar-refractivity contribution in [3.63, 3.8) is 0 Å². The molecule has 1 N–H and O–H groups in total. The van der Waals surface area contributed by atoms with E-state index in [1.807, 2.05) is 23.6 Å². The lowest BCUT2D eigenvalue weighted by Crippen LogP contribution is -2.16. The monoisotopic (exact) mass is 435 g/mol. The highest BCUT2D eigenvalue weighted by Gasteiger charge is 2.27.